The van der Waals surface area contributed by atoms with Gasteiger partial charge in [0, 0.05) is 18.7 Å². The minimum absolute atomic E-state index is 0.191. The Balaban J connectivity index is 1.61. The molecule has 2 aromatic rings. The maximum Gasteiger partial charge on any atom is 0.271 e. The van der Waals surface area contributed by atoms with Crippen LogP contribution in [-0.2, 0) is 10.0 Å². The summed E-state index contributed by atoms with van der Waals surface area (Å²) in [6.07, 6.45) is 4.91. The molecule has 0 bridgehead atoms. The molecule has 0 aromatic heterocycles. The highest BCUT2D eigenvalue weighted by Crippen LogP contribution is 2.21. The van der Waals surface area contributed by atoms with Crippen LogP contribution in [0.1, 0.15) is 28.8 Å². The molecule has 0 radical (unpaired) electrons. The molecule has 1 fully saturated rings. The Labute approximate surface area is 170 Å². The standard InChI is InChI=1S/C21H23N3O4S/c1-2-14-28-19-7-5-6-17(15-19)16-22-23-21(25)18-8-10-20(11-9-18)29(26,27)24-12-3-4-13-24/h2,5-11,15-16H,1,3-4,12-14H2,(H,23,25)/b22-16-. The summed E-state index contributed by atoms with van der Waals surface area (Å²) in [6.45, 7) is 5.09. The predicted molar refractivity (Wildman–Crippen MR) is 112 cm³/mol. The van der Waals surface area contributed by atoms with E-state index in [1.54, 1.807) is 12.1 Å². The van der Waals surface area contributed by atoms with Gasteiger partial charge in [0.15, 0.2) is 0 Å². The number of carbonyl (C=O) groups excluding carboxylic acids is 1. The van der Waals surface area contributed by atoms with Gasteiger partial charge in [-0.05, 0) is 54.8 Å². The maximum absolute atomic E-state index is 12.5. The number of hydrazone groups is 1. The second-order valence-electron chi connectivity index (χ2n) is 6.51. The van der Waals surface area contributed by atoms with Gasteiger partial charge in [0.25, 0.3) is 5.91 Å². The lowest BCUT2D eigenvalue weighted by molar-refractivity contribution is 0.0955. The van der Waals surface area contributed by atoms with E-state index in [1.807, 2.05) is 18.2 Å². The van der Waals surface area contributed by atoms with Crippen LogP contribution < -0.4 is 10.2 Å². The fourth-order valence-electron chi connectivity index (χ4n) is 2.93. The van der Waals surface area contributed by atoms with Crippen molar-refractivity contribution in [1.82, 2.24) is 9.73 Å². The van der Waals surface area contributed by atoms with Crippen LogP contribution in [0.2, 0.25) is 0 Å². The van der Waals surface area contributed by atoms with Crippen molar-refractivity contribution in [1.29, 1.82) is 0 Å². The van der Waals surface area contributed by atoms with E-state index in [2.05, 4.69) is 17.1 Å². The summed E-state index contributed by atoms with van der Waals surface area (Å²) < 4.78 is 32.0. The largest absolute Gasteiger partial charge is 0.490 e. The third kappa shape index (κ3) is 5.30. The van der Waals surface area contributed by atoms with Crippen molar-refractivity contribution in [3.63, 3.8) is 0 Å². The lowest BCUT2D eigenvalue weighted by atomic mass is 10.2. The first-order chi connectivity index (χ1) is 14.0. The van der Waals surface area contributed by atoms with Crippen molar-refractivity contribution in [3.05, 3.63) is 72.3 Å². The molecule has 0 atom stereocenters. The molecule has 1 amide bonds. The molecule has 1 aliphatic rings. The summed E-state index contributed by atoms with van der Waals surface area (Å²) in [5.41, 5.74) is 3.52. The molecule has 0 spiro atoms. The molecule has 0 unspecified atom stereocenters. The molecule has 3 rings (SSSR count). The van der Waals surface area contributed by atoms with Crippen molar-refractivity contribution in [2.75, 3.05) is 19.7 Å². The summed E-state index contributed by atoms with van der Waals surface area (Å²) in [5, 5.41) is 3.95. The molecule has 0 saturated carbocycles. The van der Waals surface area contributed by atoms with Crippen LogP contribution in [0.4, 0.5) is 0 Å². The lowest BCUT2D eigenvalue weighted by Crippen LogP contribution is -2.28. The molecule has 1 N–H and O–H groups in total. The van der Waals surface area contributed by atoms with Gasteiger partial charge >= 0.3 is 0 Å². The van der Waals surface area contributed by atoms with Crippen LogP contribution in [0.15, 0.2) is 71.2 Å². The fourth-order valence-corrected chi connectivity index (χ4v) is 4.44. The van der Waals surface area contributed by atoms with Crippen molar-refractivity contribution < 1.29 is 17.9 Å². The number of benzene rings is 2. The van der Waals surface area contributed by atoms with Crippen LogP contribution in [0.25, 0.3) is 0 Å². The average Bonchev–Trinajstić information content (AvgIpc) is 3.28. The van der Waals surface area contributed by atoms with Gasteiger partial charge in [0.2, 0.25) is 10.0 Å². The van der Waals surface area contributed by atoms with Crippen LogP contribution in [-0.4, -0.2) is 44.5 Å². The Bertz CT molecular complexity index is 995. The molecule has 2 aromatic carbocycles. The third-order valence-electron chi connectivity index (χ3n) is 4.42. The Morgan fingerprint density at radius 1 is 1.17 bits per heavy atom. The SMILES string of the molecule is C=CCOc1cccc(/C=N\NC(=O)c2ccc(S(=O)(=O)N3CCCC3)cc2)c1. The minimum atomic E-state index is -3.49. The Morgan fingerprint density at radius 2 is 1.90 bits per heavy atom. The number of hydrogen-bond acceptors (Lipinski definition) is 5. The molecule has 1 aliphatic heterocycles. The second kappa shape index (κ2) is 9.49. The number of nitrogens with one attached hydrogen (secondary N) is 1. The molecule has 29 heavy (non-hydrogen) atoms. The van der Waals surface area contributed by atoms with Crippen molar-refractivity contribution in [2.45, 2.75) is 17.7 Å². The van der Waals surface area contributed by atoms with E-state index in [1.165, 1.54) is 34.8 Å². The molecule has 152 valence electrons. The van der Waals surface area contributed by atoms with Crippen molar-refractivity contribution in [3.8, 4) is 5.75 Å². The van der Waals surface area contributed by atoms with Gasteiger partial charge < -0.3 is 4.74 Å². The normalized spacial score (nSPS) is 14.8. The third-order valence-corrected chi connectivity index (χ3v) is 6.34. The van der Waals surface area contributed by atoms with E-state index in [0.717, 1.165) is 18.4 Å². The summed E-state index contributed by atoms with van der Waals surface area (Å²) in [5.74, 6) is 0.250. The number of carbonyl (C=O) groups is 1. The zero-order valence-electron chi connectivity index (χ0n) is 16.0. The molecule has 1 heterocycles. The van der Waals surface area contributed by atoms with E-state index in [4.69, 9.17) is 4.74 Å². The summed E-state index contributed by atoms with van der Waals surface area (Å²) in [4.78, 5) is 12.4. The van der Waals surface area contributed by atoms with Crippen LogP contribution in [0, 0.1) is 0 Å². The monoisotopic (exact) mass is 413 g/mol. The van der Waals surface area contributed by atoms with Gasteiger partial charge in [0.1, 0.15) is 12.4 Å². The fraction of sp³-hybridized carbons (Fsp3) is 0.238. The number of sulfonamides is 1. The van der Waals surface area contributed by atoms with E-state index < -0.39 is 15.9 Å². The first kappa shape index (κ1) is 20.8. The Morgan fingerprint density at radius 3 is 2.59 bits per heavy atom. The van der Waals surface area contributed by atoms with Gasteiger partial charge in [0.05, 0.1) is 11.1 Å². The Kier molecular flexibility index (Phi) is 6.79. The number of rotatable bonds is 8. The number of hydrogen-bond donors (Lipinski definition) is 1. The van der Waals surface area contributed by atoms with E-state index in [0.29, 0.717) is 31.0 Å². The van der Waals surface area contributed by atoms with Gasteiger partial charge in [-0.25, -0.2) is 13.8 Å². The highest BCUT2D eigenvalue weighted by molar-refractivity contribution is 7.89. The summed E-state index contributed by atoms with van der Waals surface area (Å²) >= 11 is 0. The molecular weight excluding hydrogens is 390 g/mol. The maximum atomic E-state index is 12.5. The van der Waals surface area contributed by atoms with Crippen LogP contribution in [0.5, 0.6) is 5.75 Å². The first-order valence-corrected chi connectivity index (χ1v) is 10.7. The van der Waals surface area contributed by atoms with Crippen molar-refractivity contribution in [2.24, 2.45) is 5.10 Å². The molecule has 1 saturated heterocycles. The number of ether oxygens (including phenoxy) is 1. The lowest BCUT2D eigenvalue weighted by Gasteiger charge is -2.15. The zero-order valence-corrected chi connectivity index (χ0v) is 16.8. The van der Waals surface area contributed by atoms with E-state index in [9.17, 15) is 13.2 Å². The summed E-state index contributed by atoms with van der Waals surface area (Å²) in [6, 6.07) is 13.1. The smallest absolute Gasteiger partial charge is 0.271 e. The number of amides is 1. The average molecular weight is 413 g/mol. The topological polar surface area (TPSA) is 88.1 Å². The van der Waals surface area contributed by atoms with Crippen LogP contribution in [0.3, 0.4) is 0 Å². The zero-order chi connectivity index (χ0) is 20.7. The van der Waals surface area contributed by atoms with Gasteiger partial charge in [-0.1, -0.05) is 24.8 Å². The van der Waals surface area contributed by atoms with Crippen molar-refractivity contribution >= 4 is 22.1 Å². The van der Waals surface area contributed by atoms with E-state index >= 15 is 0 Å². The quantitative estimate of drug-likeness (QED) is 0.409. The molecule has 0 aliphatic carbocycles. The molecular formula is C21H23N3O4S. The molecule has 8 heteroatoms. The van der Waals surface area contributed by atoms with Gasteiger partial charge in [-0.2, -0.15) is 9.41 Å². The highest BCUT2D eigenvalue weighted by Gasteiger charge is 2.27. The highest BCUT2D eigenvalue weighted by atomic mass is 32.2. The predicted octanol–water partition coefficient (Wildman–Crippen LogP) is 2.80. The van der Waals surface area contributed by atoms with Gasteiger partial charge in [-0.15, -0.1) is 0 Å². The second-order valence-corrected chi connectivity index (χ2v) is 8.44. The van der Waals surface area contributed by atoms with Crippen LogP contribution >= 0.6 is 0 Å². The Hall–Kier alpha value is -2.97. The number of nitrogens with zero attached hydrogens (tertiary/aromatic N) is 2. The first-order valence-electron chi connectivity index (χ1n) is 9.28. The minimum Gasteiger partial charge on any atom is -0.490 e. The summed E-state index contributed by atoms with van der Waals surface area (Å²) in [7, 11) is -3.49. The van der Waals surface area contributed by atoms with Gasteiger partial charge in [-0.3, -0.25) is 4.79 Å². The van der Waals surface area contributed by atoms with E-state index in [-0.39, 0.29) is 4.90 Å². The molecule has 7 nitrogen and oxygen atoms in total.